The molecule has 0 bridgehead atoms. The van der Waals surface area contributed by atoms with Crippen LogP contribution in [0.5, 0.6) is 11.5 Å². The van der Waals surface area contributed by atoms with E-state index in [4.69, 9.17) is 19.3 Å². The summed E-state index contributed by atoms with van der Waals surface area (Å²) in [7, 11) is 3.06. The van der Waals surface area contributed by atoms with Crippen molar-refractivity contribution in [2.75, 3.05) is 50.4 Å². The third kappa shape index (κ3) is 6.23. The van der Waals surface area contributed by atoms with Gasteiger partial charge < -0.3 is 19.1 Å². The number of rotatable bonds is 9. The first-order valence-electron chi connectivity index (χ1n) is 15.2. The molecule has 0 atom stereocenters. The molecule has 2 aromatic rings. The second-order valence-electron chi connectivity index (χ2n) is 10.9. The van der Waals surface area contributed by atoms with Crippen molar-refractivity contribution >= 4 is 23.2 Å². The van der Waals surface area contributed by atoms with E-state index in [1.807, 2.05) is 6.08 Å². The van der Waals surface area contributed by atoms with E-state index >= 15 is 0 Å². The summed E-state index contributed by atoms with van der Waals surface area (Å²) < 4.78 is 60.5. The van der Waals surface area contributed by atoms with Gasteiger partial charge in [-0.15, -0.1) is 0 Å². The molecule has 3 heterocycles. The minimum absolute atomic E-state index is 0.0979. The largest absolute Gasteiger partial charge is 0.497 e. The highest BCUT2D eigenvalue weighted by Crippen LogP contribution is 2.46. The average molecular weight is 613 g/mol. The van der Waals surface area contributed by atoms with Crippen LogP contribution in [0.1, 0.15) is 63.5 Å². The van der Waals surface area contributed by atoms with Crippen LogP contribution in [0.2, 0.25) is 0 Å². The van der Waals surface area contributed by atoms with E-state index in [1.165, 1.54) is 30.2 Å². The SMILES string of the molecule is CCCC/C=C1/C2=C(CCN2C(=O)OCC)C(c2cc(OC)cc(OC)c2)=NN1c1cc(N2CCCC2)ccc1C(F)(F)F. The van der Waals surface area contributed by atoms with E-state index in [-0.39, 0.29) is 12.3 Å². The van der Waals surface area contributed by atoms with Crippen molar-refractivity contribution in [2.45, 2.75) is 58.5 Å². The molecule has 11 heteroatoms. The Morgan fingerprint density at radius 1 is 1.00 bits per heavy atom. The maximum atomic E-state index is 14.7. The third-order valence-corrected chi connectivity index (χ3v) is 8.09. The Morgan fingerprint density at radius 3 is 2.32 bits per heavy atom. The molecule has 5 rings (SSSR count). The van der Waals surface area contributed by atoms with Gasteiger partial charge in [-0.25, -0.2) is 9.80 Å². The van der Waals surface area contributed by atoms with Crippen LogP contribution >= 0.6 is 0 Å². The van der Waals surface area contributed by atoms with E-state index in [1.54, 1.807) is 31.2 Å². The van der Waals surface area contributed by atoms with Gasteiger partial charge in [0.05, 0.1) is 49.2 Å². The van der Waals surface area contributed by atoms with Gasteiger partial charge in [0.2, 0.25) is 0 Å². The molecule has 8 nitrogen and oxygen atoms in total. The molecule has 0 aromatic heterocycles. The third-order valence-electron chi connectivity index (χ3n) is 8.09. The number of alkyl halides is 3. The Bertz CT molecular complexity index is 1460. The fourth-order valence-corrected chi connectivity index (χ4v) is 5.93. The summed E-state index contributed by atoms with van der Waals surface area (Å²) in [5, 5.41) is 6.34. The number of carbonyl (C=O) groups excluding carboxylic acids is 1. The summed E-state index contributed by atoms with van der Waals surface area (Å²) in [5.74, 6) is 1.01. The summed E-state index contributed by atoms with van der Waals surface area (Å²) in [5.41, 5.74) is 2.52. The molecule has 1 saturated heterocycles. The highest BCUT2D eigenvalue weighted by molar-refractivity contribution is 6.16. The van der Waals surface area contributed by atoms with Crippen molar-refractivity contribution in [3.8, 4) is 11.5 Å². The molecular weight excluding hydrogens is 573 g/mol. The molecule has 0 saturated carbocycles. The van der Waals surface area contributed by atoms with Crippen molar-refractivity contribution in [1.82, 2.24) is 4.90 Å². The summed E-state index contributed by atoms with van der Waals surface area (Å²) in [6.45, 7) is 5.80. The van der Waals surface area contributed by atoms with Crippen LogP contribution in [0.25, 0.3) is 0 Å². The lowest BCUT2D eigenvalue weighted by Gasteiger charge is -2.34. The number of anilines is 2. The average Bonchev–Trinajstić information content (AvgIpc) is 3.71. The zero-order valence-corrected chi connectivity index (χ0v) is 25.7. The topological polar surface area (TPSA) is 66.8 Å². The van der Waals surface area contributed by atoms with Gasteiger partial charge in [-0.3, -0.25) is 4.90 Å². The van der Waals surface area contributed by atoms with Gasteiger partial charge in [0.15, 0.2) is 0 Å². The number of nitrogens with zero attached hydrogens (tertiary/aromatic N) is 4. The summed E-state index contributed by atoms with van der Waals surface area (Å²) in [4.78, 5) is 16.9. The first-order valence-corrected chi connectivity index (χ1v) is 15.2. The van der Waals surface area contributed by atoms with Gasteiger partial charge >= 0.3 is 12.3 Å². The number of methoxy groups -OCH3 is 2. The van der Waals surface area contributed by atoms with Gasteiger partial charge in [0.25, 0.3) is 0 Å². The van der Waals surface area contributed by atoms with E-state index in [9.17, 15) is 18.0 Å². The Hall–Kier alpha value is -4.15. The second kappa shape index (κ2) is 13.2. The molecule has 3 aliphatic rings. The first kappa shape index (κ1) is 31.3. The normalized spacial score (nSPS) is 17.8. The summed E-state index contributed by atoms with van der Waals surface area (Å²) in [6.07, 6.45) is 1.42. The molecule has 2 aromatic carbocycles. The monoisotopic (exact) mass is 612 g/mol. The molecule has 0 aliphatic carbocycles. The van der Waals surface area contributed by atoms with Crippen molar-refractivity contribution in [3.05, 3.63) is 70.6 Å². The summed E-state index contributed by atoms with van der Waals surface area (Å²) >= 11 is 0. The number of hydrogen-bond acceptors (Lipinski definition) is 7. The van der Waals surface area contributed by atoms with Crippen LogP contribution in [0.3, 0.4) is 0 Å². The Morgan fingerprint density at radius 2 is 1.70 bits per heavy atom. The van der Waals surface area contributed by atoms with Crippen LogP contribution in [-0.4, -0.2) is 57.2 Å². The Balaban J connectivity index is 1.78. The molecule has 3 aliphatic heterocycles. The molecule has 0 N–H and O–H groups in total. The maximum Gasteiger partial charge on any atom is 0.418 e. The maximum absolute atomic E-state index is 14.7. The van der Waals surface area contributed by atoms with Crippen LogP contribution in [0, 0.1) is 0 Å². The molecule has 0 radical (unpaired) electrons. The number of carbonyl (C=O) groups is 1. The van der Waals surface area contributed by atoms with Crippen molar-refractivity contribution in [1.29, 1.82) is 0 Å². The van der Waals surface area contributed by atoms with Crippen LogP contribution in [0.4, 0.5) is 29.3 Å². The van der Waals surface area contributed by atoms with E-state index < -0.39 is 17.8 Å². The fraction of sp³-hybridized carbons (Fsp3) is 0.455. The first-order chi connectivity index (χ1) is 21.2. The standard InChI is InChI=1S/C33H39F3N4O4/c1-5-7-8-11-28-31-26(14-17-39(31)32(41)44-6-2)30(22-18-24(42-3)21-25(19-22)43-4)37-40(28)29-20-23(38-15-9-10-16-38)12-13-27(29)33(34,35)36/h11-13,18-21H,5-10,14-17H2,1-4H3/b28-11-. The molecule has 0 unspecified atom stereocenters. The highest BCUT2D eigenvalue weighted by Gasteiger charge is 2.42. The number of allylic oxidation sites excluding steroid dienone is 1. The second-order valence-corrected chi connectivity index (χ2v) is 10.9. The zero-order valence-electron chi connectivity index (χ0n) is 25.7. The predicted molar refractivity (Wildman–Crippen MR) is 164 cm³/mol. The number of hydrogen-bond donors (Lipinski definition) is 0. The molecule has 1 fully saturated rings. The van der Waals surface area contributed by atoms with Crippen molar-refractivity contribution in [3.63, 3.8) is 0 Å². The minimum atomic E-state index is -4.65. The van der Waals surface area contributed by atoms with Gasteiger partial charge in [-0.05, 0) is 69.4 Å². The number of hydrazone groups is 1. The zero-order chi connectivity index (χ0) is 31.4. The van der Waals surface area contributed by atoms with E-state index in [0.717, 1.165) is 50.4 Å². The number of benzene rings is 2. The Kier molecular flexibility index (Phi) is 9.41. The van der Waals surface area contributed by atoms with Crippen LogP contribution in [-0.2, 0) is 10.9 Å². The smallest absolute Gasteiger partial charge is 0.418 e. The summed E-state index contributed by atoms with van der Waals surface area (Å²) in [6, 6.07) is 9.51. The van der Waals surface area contributed by atoms with Crippen molar-refractivity contribution in [2.24, 2.45) is 5.10 Å². The fourth-order valence-electron chi connectivity index (χ4n) is 5.93. The minimum Gasteiger partial charge on any atom is -0.497 e. The van der Waals surface area contributed by atoms with Gasteiger partial charge in [0.1, 0.15) is 11.5 Å². The lowest BCUT2D eigenvalue weighted by molar-refractivity contribution is -0.137. The van der Waals surface area contributed by atoms with Crippen LogP contribution < -0.4 is 19.4 Å². The van der Waals surface area contributed by atoms with Crippen molar-refractivity contribution < 1.29 is 32.2 Å². The van der Waals surface area contributed by atoms with E-state index in [0.29, 0.717) is 59.2 Å². The number of halogens is 3. The number of unbranched alkanes of at least 4 members (excludes halogenated alkanes) is 2. The lowest BCUT2D eigenvalue weighted by Crippen LogP contribution is -2.36. The Labute approximate surface area is 256 Å². The molecule has 44 heavy (non-hydrogen) atoms. The molecule has 0 spiro atoms. The van der Waals surface area contributed by atoms with Crippen LogP contribution in [0.15, 0.2) is 64.5 Å². The molecule has 1 amide bonds. The van der Waals surface area contributed by atoms with Gasteiger partial charge in [-0.2, -0.15) is 18.3 Å². The lowest BCUT2D eigenvalue weighted by atomic mass is 9.96. The van der Waals surface area contributed by atoms with Gasteiger partial charge in [0, 0.05) is 42.5 Å². The molecular formula is C33H39F3N4O4. The number of ether oxygens (including phenoxy) is 3. The molecule has 236 valence electrons. The number of amides is 1. The highest BCUT2D eigenvalue weighted by atomic mass is 19.4. The van der Waals surface area contributed by atoms with Gasteiger partial charge in [-0.1, -0.05) is 19.4 Å². The van der Waals surface area contributed by atoms with E-state index in [2.05, 4.69) is 11.8 Å². The predicted octanol–water partition coefficient (Wildman–Crippen LogP) is 7.74. The quantitative estimate of drug-likeness (QED) is 0.270.